The number of benzene rings is 3. The maximum absolute atomic E-state index is 13.3. The topological polar surface area (TPSA) is 55.1 Å². The predicted molar refractivity (Wildman–Crippen MR) is 140 cm³/mol. The van der Waals surface area contributed by atoms with Gasteiger partial charge in [-0.15, -0.1) is 29.3 Å². The van der Waals surface area contributed by atoms with Crippen LogP contribution in [0.25, 0.3) is 38.8 Å². The minimum atomic E-state index is -4.45. The first kappa shape index (κ1) is 28.9. The van der Waals surface area contributed by atoms with Crippen molar-refractivity contribution in [2.24, 2.45) is 0 Å². The quantitative estimate of drug-likeness (QED) is 0.118. The number of carbonyl (C=O) groups excluding carboxylic acids is 1. The molecule has 0 unspecified atom stereocenters. The van der Waals surface area contributed by atoms with Crippen LogP contribution in [0.1, 0.15) is 25.0 Å². The van der Waals surface area contributed by atoms with Gasteiger partial charge in [-0.1, -0.05) is 49.4 Å². The number of ketones is 1. The van der Waals surface area contributed by atoms with Gasteiger partial charge in [0, 0.05) is 49.8 Å². The van der Waals surface area contributed by atoms with Gasteiger partial charge in [0.15, 0.2) is 5.78 Å². The fourth-order valence-corrected chi connectivity index (χ4v) is 4.21. The molecule has 0 bridgehead atoms. The zero-order chi connectivity index (χ0) is 26.7. The number of nitrogens with zero attached hydrogens (tertiary/aromatic N) is 2. The van der Waals surface area contributed by atoms with Crippen LogP contribution in [0.4, 0.5) is 13.2 Å². The Labute approximate surface area is 232 Å². The standard InChI is InChI=1S/C25H16F3N2.C5H8O2.Pt/c1-16-12-17(14-18(13-16)25(26,27)28)22-15-19(10-11-29-22)30-23-8-4-2-6-20(23)21-7-3-5-9-24(21)30;1-4(6)3-5(2)7;/h2-13,15H,1H3;3,6H,1-2H3;/q-1;;/b;4-3-;. The number of para-hydroxylation sites is 2. The maximum Gasteiger partial charge on any atom is 0.399 e. The van der Waals surface area contributed by atoms with Gasteiger partial charge in [-0.25, -0.2) is 0 Å². The second-order valence-electron chi connectivity index (χ2n) is 8.65. The average molecular weight is 697 g/mol. The molecule has 0 saturated carbocycles. The SMILES string of the molecule is CC(=O)/C=C(/C)O.Cc1cc(-c2cc(-n3c4ccccc4c4ccccc43)ccn2)[c-]c(C(F)(F)F)c1.[Pt]. The molecule has 1 N–H and O–H groups in total. The normalized spacial score (nSPS) is 11.6. The summed E-state index contributed by atoms with van der Waals surface area (Å²) >= 11 is 0. The second kappa shape index (κ2) is 11.8. The summed E-state index contributed by atoms with van der Waals surface area (Å²) in [4.78, 5) is 14.3. The molecule has 0 spiro atoms. The summed E-state index contributed by atoms with van der Waals surface area (Å²) in [6.45, 7) is 4.49. The third-order valence-electron chi connectivity index (χ3n) is 5.59. The molecule has 5 aromatic rings. The first-order valence-corrected chi connectivity index (χ1v) is 11.5. The van der Waals surface area contributed by atoms with E-state index >= 15 is 0 Å². The molecular weight excluding hydrogens is 672 g/mol. The second-order valence-corrected chi connectivity index (χ2v) is 8.65. The zero-order valence-corrected chi connectivity index (χ0v) is 23.1. The summed E-state index contributed by atoms with van der Waals surface area (Å²) in [6, 6.07) is 25.1. The Morgan fingerprint density at radius 2 is 1.53 bits per heavy atom. The Hall–Kier alpha value is -3.70. The fraction of sp³-hybridized carbons (Fsp3) is 0.133. The molecule has 0 radical (unpaired) electrons. The van der Waals surface area contributed by atoms with Crippen LogP contribution in [0.15, 0.2) is 90.8 Å². The molecule has 4 nitrogen and oxygen atoms in total. The van der Waals surface area contributed by atoms with E-state index in [4.69, 9.17) is 5.11 Å². The van der Waals surface area contributed by atoms with Crippen molar-refractivity contribution in [1.29, 1.82) is 0 Å². The van der Waals surface area contributed by atoms with Crippen LogP contribution in [-0.2, 0) is 32.0 Å². The van der Waals surface area contributed by atoms with Crippen molar-refractivity contribution in [1.82, 2.24) is 9.55 Å². The smallest absolute Gasteiger partial charge is 0.399 e. The summed E-state index contributed by atoms with van der Waals surface area (Å²) in [7, 11) is 0. The van der Waals surface area contributed by atoms with Crippen molar-refractivity contribution >= 4 is 27.6 Å². The Kier molecular flexibility index (Phi) is 8.95. The first-order chi connectivity index (χ1) is 17.5. The molecular formula is C30H24F3N2O2Pt-. The van der Waals surface area contributed by atoms with Crippen LogP contribution >= 0.6 is 0 Å². The monoisotopic (exact) mass is 696 g/mol. The van der Waals surface area contributed by atoms with Gasteiger partial charge in [-0.2, -0.15) is 13.2 Å². The van der Waals surface area contributed by atoms with Crippen LogP contribution in [0.3, 0.4) is 0 Å². The number of aliphatic hydroxyl groups is 1. The van der Waals surface area contributed by atoms with E-state index in [1.807, 2.05) is 48.5 Å². The maximum atomic E-state index is 13.3. The molecule has 0 aliphatic carbocycles. The van der Waals surface area contributed by atoms with Crippen molar-refractivity contribution in [3.8, 4) is 16.9 Å². The van der Waals surface area contributed by atoms with E-state index in [1.165, 1.54) is 19.9 Å². The van der Waals surface area contributed by atoms with E-state index in [0.29, 0.717) is 16.8 Å². The summed E-state index contributed by atoms with van der Waals surface area (Å²) in [5.41, 5.74) is 3.39. The van der Waals surface area contributed by atoms with Crippen LogP contribution in [-0.4, -0.2) is 20.4 Å². The summed E-state index contributed by atoms with van der Waals surface area (Å²) in [6.07, 6.45) is -1.66. The van der Waals surface area contributed by atoms with Gasteiger partial charge in [0.05, 0.1) is 16.8 Å². The number of pyridine rings is 1. The van der Waals surface area contributed by atoms with Crippen molar-refractivity contribution < 1.29 is 44.1 Å². The third-order valence-corrected chi connectivity index (χ3v) is 5.59. The molecule has 0 fully saturated rings. The number of hydrogen-bond acceptors (Lipinski definition) is 3. The molecule has 5 rings (SSSR count). The minimum Gasteiger partial charge on any atom is -0.512 e. The molecule has 3 aromatic carbocycles. The summed E-state index contributed by atoms with van der Waals surface area (Å²) in [5.74, 6) is -0.0625. The van der Waals surface area contributed by atoms with E-state index < -0.39 is 11.7 Å². The molecule has 8 heteroatoms. The van der Waals surface area contributed by atoms with E-state index in [2.05, 4.69) is 27.8 Å². The number of halogens is 3. The van der Waals surface area contributed by atoms with E-state index in [1.54, 1.807) is 19.2 Å². The molecule has 0 aliphatic rings. The number of fused-ring (bicyclic) bond motifs is 3. The number of alkyl halides is 3. The van der Waals surface area contributed by atoms with Gasteiger partial charge < -0.3 is 14.7 Å². The molecule has 0 atom stereocenters. The van der Waals surface area contributed by atoms with Crippen molar-refractivity contribution in [2.45, 2.75) is 26.9 Å². The van der Waals surface area contributed by atoms with Crippen molar-refractivity contribution in [2.75, 3.05) is 0 Å². The molecule has 2 heterocycles. The Morgan fingerprint density at radius 1 is 0.947 bits per heavy atom. The number of carbonyl (C=O) groups is 1. The van der Waals surface area contributed by atoms with Crippen LogP contribution in [0.2, 0.25) is 0 Å². The summed E-state index contributed by atoms with van der Waals surface area (Å²) < 4.78 is 41.9. The number of allylic oxidation sites excluding steroid dienone is 2. The fourth-order valence-electron chi connectivity index (χ4n) is 4.21. The number of rotatable bonds is 3. The van der Waals surface area contributed by atoms with Gasteiger partial charge in [0.2, 0.25) is 0 Å². The molecule has 0 aliphatic heterocycles. The Bertz CT molecular complexity index is 1580. The van der Waals surface area contributed by atoms with E-state index in [0.717, 1.165) is 33.6 Å². The Balaban J connectivity index is 0.000000444. The van der Waals surface area contributed by atoms with Gasteiger partial charge in [0.25, 0.3) is 0 Å². The number of aliphatic hydroxyl groups excluding tert-OH is 1. The largest absolute Gasteiger partial charge is 0.512 e. The van der Waals surface area contributed by atoms with E-state index in [-0.39, 0.29) is 32.6 Å². The number of hydrogen-bond donors (Lipinski definition) is 1. The Morgan fingerprint density at radius 3 is 2.03 bits per heavy atom. The number of aryl methyl sites for hydroxylation is 1. The molecule has 0 amide bonds. The average Bonchev–Trinajstić information content (AvgIpc) is 3.17. The molecule has 0 saturated heterocycles. The first-order valence-electron chi connectivity index (χ1n) is 11.5. The van der Waals surface area contributed by atoms with Crippen LogP contribution < -0.4 is 0 Å². The molecule has 198 valence electrons. The van der Waals surface area contributed by atoms with Crippen LogP contribution in [0.5, 0.6) is 0 Å². The van der Waals surface area contributed by atoms with Gasteiger partial charge in [-0.3, -0.25) is 4.79 Å². The van der Waals surface area contributed by atoms with E-state index in [9.17, 15) is 18.0 Å². The summed E-state index contributed by atoms with van der Waals surface area (Å²) in [5, 5.41) is 10.6. The predicted octanol–water partition coefficient (Wildman–Crippen LogP) is 8.01. The van der Waals surface area contributed by atoms with Gasteiger partial charge >= 0.3 is 6.18 Å². The van der Waals surface area contributed by atoms with Gasteiger partial charge in [-0.05, 0) is 43.3 Å². The third kappa shape index (κ3) is 6.40. The minimum absolute atomic E-state index is 0. The number of aromatic nitrogens is 2. The molecule has 2 aromatic heterocycles. The molecule has 38 heavy (non-hydrogen) atoms. The van der Waals surface area contributed by atoms with Crippen molar-refractivity contribution in [3.05, 3.63) is 108 Å². The van der Waals surface area contributed by atoms with Crippen molar-refractivity contribution in [3.63, 3.8) is 0 Å². The van der Waals surface area contributed by atoms with Crippen LogP contribution in [0, 0.1) is 13.0 Å². The zero-order valence-electron chi connectivity index (χ0n) is 20.8. The van der Waals surface area contributed by atoms with Gasteiger partial charge in [0.1, 0.15) is 0 Å².